The summed E-state index contributed by atoms with van der Waals surface area (Å²) in [5.41, 5.74) is -1.42. The van der Waals surface area contributed by atoms with Gasteiger partial charge in [-0.3, -0.25) is 14.4 Å². The smallest absolute Gasteiger partial charge is 0.338 e. The van der Waals surface area contributed by atoms with Crippen LogP contribution < -0.4 is 0 Å². The van der Waals surface area contributed by atoms with Crippen molar-refractivity contribution < 1.29 is 47.7 Å². The van der Waals surface area contributed by atoms with Gasteiger partial charge in [-0.05, 0) is 97.0 Å². The van der Waals surface area contributed by atoms with Gasteiger partial charge >= 0.3 is 17.9 Å². The maximum absolute atomic E-state index is 14.3. The largest absolute Gasteiger partial charge is 0.458 e. The van der Waals surface area contributed by atoms with Gasteiger partial charge in [-0.25, -0.2) is 4.79 Å². The number of hydrogen-bond acceptors (Lipinski definition) is 12. The molecule has 0 aromatic heterocycles. The molecule has 304 valence electrons. The first kappa shape index (κ1) is 42.7. The molecule has 0 radical (unpaired) electrons. The number of fused-ring (bicyclic) bond motifs is 5. The highest BCUT2D eigenvalue weighted by Gasteiger charge is 2.60. The molecule has 12 nitrogen and oxygen atoms in total. The number of carbonyl (C=O) groups is 5. The molecule has 0 aliphatic carbocycles. The van der Waals surface area contributed by atoms with Gasteiger partial charge in [0, 0.05) is 24.4 Å². The fourth-order valence-electron chi connectivity index (χ4n) is 9.94. The minimum absolute atomic E-state index is 0.0968. The van der Waals surface area contributed by atoms with E-state index in [2.05, 4.69) is 38.8 Å². The predicted octanol–water partition coefficient (Wildman–Crippen LogP) is 5.41. The van der Waals surface area contributed by atoms with E-state index < -0.39 is 78.0 Å². The number of rotatable bonds is 7. The second-order valence-corrected chi connectivity index (χ2v) is 17.2. The van der Waals surface area contributed by atoms with Crippen LogP contribution in [0.4, 0.5) is 0 Å². The molecule has 0 saturated carbocycles. The topological polar surface area (TPSA) is 138 Å². The molecule has 1 aromatic rings. The van der Waals surface area contributed by atoms with Crippen molar-refractivity contribution in [3.63, 3.8) is 0 Å². The number of ketones is 1. The number of aldehydes is 1. The molecule has 4 aliphatic rings. The van der Waals surface area contributed by atoms with Gasteiger partial charge in [0.2, 0.25) is 0 Å². The van der Waals surface area contributed by atoms with Crippen LogP contribution in [0.3, 0.4) is 0 Å². The highest BCUT2D eigenvalue weighted by atomic mass is 16.7. The minimum Gasteiger partial charge on any atom is -0.458 e. The van der Waals surface area contributed by atoms with E-state index in [4.69, 9.17) is 23.7 Å². The Morgan fingerprint density at radius 2 is 1.78 bits per heavy atom. The number of allylic oxidation sites excluding steroid dienone is 2. The fraction of sp³-hybridized carbons (Fsp3) is 0.698. The van der Waals surface area contributed by atoms with E-state index in [1.54, 1.807) is 31.2 Å². The van der Waals surface area contributed by atoms with E-state index in [0.29, 0.717) is 44.2 Å². The Morgan fingerprint density at radius 3 is 2.44 bits per heavy atom. The Balaban J connectivity index is 1.61. The number of likely N-dealkylation sites (N-methyl/N-ethyl adjacent to an activating group) is 1. The Morgan fingerprint density at radius 1 is 1.07 bits per heavy atom. The van der Waals surface area contributed by atoms with Gasteiger partial charge in [0.15, 0.2) is 18.0 Å². The first-order chi connectivity index (χ1) is 26.0. The molecule has 4 aliphatic heterocycles. The van der Waals surface area contributed by atoms with Gasteiger partial charge in [0.05, 0.1) is 23.6 Å². The third-order valence-corrected chi connectivity index (χ3v) is 12.8. The molecular weight excluding hydrogens is 704 g/mol. The van der Waals surface area contributed by atoms with Crippen LogP contribution in [0.25, 0.3) is 0 Å². The SMILES string of the molecule is CC[C@H]1OC(=O)CC(=O)[C@H](C)[C@@H](O[C@@H]2O[C@H](C=O)CC(N(C)C)[C@H]2OC(=O)c2ccccc2)[C@]2(C)CC/C=C/CC3C(=O)O[C@@]1(C)[C@H]3[C@@H](C)N(C)C[C@H](C)C2. The third-order valence-electron chi connectivity index (χ3n) is 12.8. The van der Waals surface area contributed by atoms with Gasteiger partial charge < -0.3 is 38.3 Å². The zero-order valence-corrected chi connectivity index (χ0v) is 34.1. The van der Waals surface area contributed by atoms with E-state index in [-0.39, 0.29) is 36.1 Å². The van der Waals surface area contributed by atoms with Gasteiger partial charge in [-0.1, -0.05) is 58.0 Å². The third kappa shape index (κ3) is 9.24. The number of cyclic esters (lactones) is 1. The first-order valence-corrected chi connectivity index (χ1v) is 20.0. The Kier molecular flexibility index (Phi) is 13.8. The number of Topliss-reactive ketones (excluding diaryl/α,β-unsaturated/α-hetero) is 1. The number of carbonyl (C=O) groups excluding carboxylic acids is 5. The normalized spacial score (nSPS) is 40.0. The monoisotopic (exact) mass is 766 g/mol. The van der Waals surface area contributed by atoms with Crippen LogP contribution in [0, 0.1) is 29.1 Å². The molecule has 3 fully saturated rings. The van der Waals surface area contributed by atoms with E-state index in [1.807, 2.05) is 45.0 Å². The number of nitrogens with zero attached hydrogens (tertiary/aromatic N) is 2. The van der Waals surface area contributed by atoms with Crippen LogP contribution in [0.5, 0.6) is 0 Å². The summed E-state index contributed by atoms with van der Waals surface area (Å²) in [5, 5.41) is 0. The van der Waals surface area contributed by atoms with Crippen LogP contribution in [-0.2, 0) is 42.9 Å². The average molecular weight is 767 g/mol. The summed E-state index contributed by atoms with van der Waals surface area (Å²) in [5.74, 6) is -3.39. The maximum atomic E-state index is 14.3. The molecule has 5 rings (SSSR count). The van der Waals surface area contributed by atoms with E-state index >= 15 is 0 Å². The second-order valence-electron chi connectivity index (χ2n) is 17.2. The number of esters is 3. The van der Waals surface area contributed by atoms with Crippen LogP contribution in [-0.4, -0.2) is 116 Å². The first-order valence-electron chi connectivity index (χ1n) is 20.0. The minimum atomic E-state index is -1.21. The lowest BCUT2D eigenvalue weighted by Crippen LogP contribution is -2.59. The van der Waals surface area contributed by atoms with Crippen LogP contribution in [0.1, 0.15) is 96.8 Å². The summed E-state index contributed by atoms with van der Waals surface area (Å²) in [6.07, 6.45) is 2.75. The van der Waals surface area contributed by atoms with Crippen molar-refractivity contribution in [2.24, 2.45) is 29.1 Å². The zero-order chi connectivity index (χ0) is 40.2. The molecule has 3 saturated heterocycles. The average Bonchev–Trinajstić information content (AvgIpc) is 3.40. The molecule has 1 aromatic carbocycles. The fourth-order valence-corrected chi connectivity index (χ4v) is 9.94. The molecule has 13 atom stereocenters. The maximum Gasteiger partial charge on any atom is 0.338 e. The highest BCUT2D eigenvalue weighted by Crippen LogP contribution is 2.48. The lowest BCUT2D eigenvalue weighted by Gasteiger charge is -2.48. The summed E-state index contributed by atoms with van der Waals surface area (Å²) < 4.78 is 31.8. The Labute approximate surface area is 326 Å². The molecule has 4 heterocycles. The van der Waals surface area contributed by atoms with Gasteiger partial charge in [0.1, 0.15) is 30.7 Å². The summed E-state index contributed by atoms with van der Waals surface area (Å²) in [4.78, 5) is 71.8. The molecule has 2 bridgehead atoms. The Bertz CT molecular complexity index is 1570. The lowest BCUT2D eigenvalue weighted by atomic mass is 9.68. The molecule has 2 unspecified atom stereocenters. The molecule has 55 heavy (non-hydrogen) atoms. The van der Waals surface area contributed by atoms with Crippen molar-refractivity contribution >= 4 is 30.0 Å². The van der Waals surface area contributed by atoms with Gasteiger partial charge in [-0.2, -0.15) is 0 Å². The summed E-state index contributed by atoms with van der Waals surface area (Å²) >= 11 is 0. The molecular formula is C43H62N2O10. The zero-order valence-electron chi connectivity index (χ0n) is 34.1. The van der Waals surface area contributed by atoms with Crippen molar-refractivity contribution in [1.29, 1.82) is 0 Å². The van der Waals surface area contributed by atoms with Crippen LogP contribution >= 0.6 is 0 Å². The van der Waals surface area contributed by atoms with Gasteiger partial charge in [-0.15, -0.1) is 0 Å². The molecule has 0 spiro atoms. The molecule has 0 amide bonds. The standard InChI is InChI=1S/C43H62N2O10/c1-10-34-43(6)36-28(4)45(9)24-26(2)23-42(5,20-16-12-15-19-31(36)40(50)55-43)38(27(3)33(47)22-35(48)52-34)54-41-37(32(44(7)8)21-30(25-46)51-41)53-39(49)29-17-13-11-14-18-29/h11-15,17-18,25-28,30-32,34,36-38,41H,10,16,19-24H2,1-9H3/b15-12+/t26-,27+,28-,30+,31?,32?,34-,36+,37-,38-,41+,42-,43-/m1/s1. The van der Waals surface area contributed by atoms with Crippen LogP contribution in [0.2, 0.25) is 0 Å². The van der Waals surface area contributed by atoms with Gasteiger partial charge in [0.25, 0.3) is 0 Å². The predicted molar refractivity (Wildman–Crippen MR) is 205 cm³/mol. The number of ether oxygens (including phenoxy) is 5. The van der Waals surface area contributed by atoms with E-state index in [1.165, 1.54) is 0 Å². The summed E-state index contributed by atoms with van der Waals surface area (Å²) in [6.45, 7) is 12.6. The highest BCUT2D eigenvalue weighted by molar-refractivity contribution is 5.97. The summed E-state index contributed by atoms with van der Waals surface area (Å²) in [6, 6.07) is 8.08. The van der Waals surface area contributed by atoms with Crippen molar-refractivity contribution in [3.05, 3.63) is 48.0 Å². The van der Waals surface area contributed by atoms with Crippen molar-refractivity contribution in [3.8, 4) is 0 Å². The summed E-state index contributed by atoms with van der Waals surface area (Å²) in [7, 11) is 5.76. The number of benzene rings is 1. The van der Waals surface area contributed by atoms with Crippen molar-refractivity contribution in [2.45, 2.75) is 135 Å². The molecule has 0 N–H and O–H groups in total. The van der Waals surface area contributed by atoms with Crippen molar-refractivity contribution in [2.75, 3.05) is 27.7 Å². The van der Waals surface area contributed by atoms with E-state index in [0.717, 1.165) is 6.29 Å². The number of hydrogen-bond donors (Lipinski definition) is 0. The van der Waals surface area contributed by atoms with E-state index in [9.17, 15) is 24.0 Å². The lowest BCUT2D eigenvalue weighted by molar-refractivity contribution is -0.282. The quantitative estimate of drug-likeness (QED) is 0.115. The van der Waals surface area contributed by atoms with Crippen LogP contribution in [0.15, 0.2) is 42.5 Å². The molecule has 12 heteroatoms. The van der Waals surface area contributed by atoms with Crippen molar-refractivity contribution in [1.82, 2.24) is 9.80 Å². The Hall–Kier alpha value is -3.45. The second kappa shape index (κ2) is 17.8.